The standard InChI is InChI=1S/C5H4N4O2S/c10-2-4-7-8-5(11-4)3-1-6-12-9-3/h1,10H,2H2. The molecule has 0 unspecified atom stereocenters. The minimum Gasteiger partial charge on any atom is -0.417 e. The molecule has 2 aromatic heterocycles. The molecule has 0 spiro atoms. The molecule has 0 saturated heterocycles. The largest absolute Gasteiger partial charge is 0.417 e. The fraction of sp³-hybridized carbons (Fsp3) is 0.200. The fourth-order valence-electron chi connectivity index (χ4n) is 0.680. The second-order valence-corrected chi connectivity index (χ2v) is 2.51. The van der Waals surface area contributed by atoms with E-state index in [9.17, 15) is 0 Å². The van der Waals surface area contributed by atoms with Crippen LogP contribution in [0.5, 0.6) is 0 Å². The number of rotatable bonds is 2. The van der Waals surface area contributed by atoms with Crippen LogP contribution >= 0.6 is 11.7 Å². The summed E-state index contributed by atoms with van der Waals surface area (Å²) < 4.78 is 12.7. The Labute approximate surface area is 71.2 Å². The lowest BCUT2D eigenvalue weighted by Crippen LogP contribution is -1.79. The SMILES string of the molecule is OCc1nnc(-c2cnsn2)o1. The van der Waals surface area contributed by atoms with E-state index >= 15 is 0 Å². The van der Waals surface area contributed by atoms with Gasteiger partial charge in [0.1, 0.15) is 6.61 Å². The van der Waals surface area contributed by atoms with E-state index in [-0.39, 0.29) is 18.4 Å². The Bertz CT molecular complexity index is 357. The summed E-state index contributed by atoms with van der Waals surface area (Å²) in [7, 11) is 0. The monoisotopic (exact) mass is 184 g/mol. The second kappa shape index (κ2) is 2.95. The first kappa shape index (κ1) is 7.32. The van der Waals surface area contributed by atoms with Crippen LogP contribution in [0.25, 0.3) is 11.6 Å². The highest BCUT2D eigenvalue weighted by Crippen LogP contribution is 2.14. The van der Waals surface area contributed by atoms with Crippen LogP contribution < -0.4 is 0 Å². The van der Waals surface area contributed by atoms with Gasteiger partial charge in [0, 0.05) is 0 Å². The molecule has 0 saturated carbocycles. The van der Waals surface area contributed by atoms with E-state index in [4.69, 9.17) is 9.52 Å². The summed E-state index contributed by atoms with van der Waals surface area (Å²) in [5, 5.41) is 15.8. The number of hydrogen-bond donors (Lipinski definition) is 1. The fourth-order valence-corrected chi connectivity index (χ4v) is 1.09. The van der Waals surface area contributed by atoms with Crippen molar-refractivity contribution in [1.82, 2.24) is 18.9 Å². The molecule has 0 aromatic carbocycles. The lowest BCUT2D eigenvalue weighted by molar-refractivity contribution is 0.241. The normalized spacial score (nSPS) is 10.4. The quantitative estimate of drug-likeness (QED) is 0.711. The molecule has 1 N–H and O–H groups in total. The molecule has 12 heavy (non-hydrogen) atoms. The van der Waals surface area contributed by atoms with Crippen LogP contribution in [0.1, 0.15) is 5.89 Å². The van der Waals surface area contributed by atoms with Crippen LogP contribution in [0.15, 0.2) is 10.6 Å². The second-order valence-electron chi connectivity index (χ2n) is 1.95. The Balaban J connectivity index is 2.35. The first-order valence-corrected chi connectivity index (χ1v) is 3.84. The van der Waals surface area contributed by atoms with Crippen LogP contribution in [-0.4, -0.2) is 24.1 Å². The maximum Gasteiger partial charge on any atom is 0.269 e. The Morgan fingerprint density at radius 3 is 3.00 bits per heavy atom. The summed E-state index contributed by atoms with van der Waals surface area (Å²) >= 11 is 1.06. The molecule has 0 atom stereocenters. The van der Waals surface area contributed by atoms with E-state index in [0.29, 0.717) is 5.69 Å². The topological polar surface area (TPSA) is 84.9 Å². The smallest absolute Gasteiger partial charge is 0.269 e. The van der Waals surface area contributed by atoms with Crippen LogP contribution in [0.3, 0.4) is 0 Å². The molecule has 2 rings (SSSR count). The third kappa shape index (κ3) is 1.19. The maximum absolute atomic E-state index is 8.62. The Morgan fingerprint density at radius 2 is 2.42 bits per heavy atom. The van der Waals surface area contributed by atoms with Gasteiger partial charge in [-0.05, 0) is 0 Å². The van der Waals surface area contributed by atoms with Gasteiger partial charge in [0.05, 0.1) is 17.9 Å². The van der Waals surface area contributed by atoms with E-state index < -0.39 is 0 Å². The highest BCUT2D eigenvalue weighted by molar-refractivity contribution is 6.99. The molecule has 0 bridgehead atoms. The molecule has 0 radical (unpaired) electrons. The average molecular weight is 184 g/mol. The summed E-state index contributed by atoms with van der Waals surface area (Å²) in [4.78, 5) is 0. The summed E-state index contributed by atoms with van der Waals surface area (Å²) in [6, 6.07) is 0. The lowest BCUT2D eigenvalue weighted by atomic mass is 10.5. The number of aromatic nitrogens is 4. The van der Waals surface area contributed by atoms with Crippen molar-refractivity contribution >= 4 is 11.7 Å². The summed E-state index contributed by atoms with van der Waals surface area (Å²) in [6.45, 7) is -0.259. The van der Waals surface area contributed by atoms with E-state index in [1.54, 1.807) is 0 Å². The van der Waals surface area contributed by atoms with Gasteiger partial charge in [-0.3, -0.25) is 0 Å². The van der Waals surface area contributed by atoms with Gasteiger partial charge in [0.2, 0.25) is 5.89 Å². The molecule has 0 aliphatic heterocycles. The molecule has 0 amide bonds. The highest BCUT2D eigenvalue weighted by Gasteiger charge is 2.09. The van der Waals surface area contributed by atoms with Crippen molar-refractivity contribution in [3.63, 3.8) is 0 Å². The van der Waals surface area contributed by atoms with Crippen LogP contribution in [-0.2, 0) is 6.61 Å². The molecule has 62 valence electrons. The zero-order valence-corrected chi connectivity index (χ0v) is 6.65. The van der Waals surface area contributed by atoms with Crippen molar-refractivity contribution in [3.8, 4) is 11.6 Å². The van der Waals surface area contributed by atoms with Gasteiger partial charge in [0.25, 0.3) is 5.89 Å². The Kier molecular flexibility index (Phi) is 1.80. The molecule has 7 heteroatoms. The van der Waals surface area contributed by atoms with E-state index in [0.717, 1.165) is 11.7 Å². The van der Waals surface area contributed by atoms with Crippen molar-refractivity contribution in [2.75, 3.05) is 0 Å². The third-order valence-corrected chi connectivity index (χ3v) is 1.66. The summed E-state index contributed by atoms with van der Waals surface area (Å²) in [6.07, 6.45) is 1.53. The Morgan fingerprint density at radius 1 is 1.50 bits per heavy atom. The zero-order valence-electron chi connectivity index (χ0n) is 5.84. The molecule has 2 aromatic rings. The van der Waals surface area contributed by atoms with Gasteiger partial charge in [-0.2, -0.15) is 8.75 Å². The maximum atomic E-state index is 8.62. The third-order valence-electron chi connectivity index (χ3n) is 1.18. The van der Waals surface area contributed by atoms with Gasteiger partial charge >= 0.3 is 0 Å². The molecular weight excluding hydrogens is 180 g/mol. The van der Waals surface area contributed by atoms with Gasteiger partial charge in [-0.25, -0.2) is 0 Å². The van der Waals surface area contributed by atoms with Gasteiger partial charge < -0.3 is 9.52 Å². The summed E-state index contributed by atoms with van der Waals surface area (Å²) in [5.41, 5.74) is 0.534. The number of hydrogen-bond acceptors (Lipinski definition) is 7. The molecule has 2 heterocycles. The molecular formula is C5H4N4O2S. The van der Waals surface area contributed by atoms with Crippen LogP contribution in [0.4, 0.5) is 0 Å². The Hall–Kier alpha value is -1.34. The molecule has 0 aliphatic carbocycles. The van der Waals surface area contributed by atoms with E-state index in [1.807, 2.05) is 0 Å². The van der Waals surface area contributed by atoms with Gasteiger partial charge in [-0.1, -0.05) is 0 Å². The number of nitrogens with zero attached hydrogens (tertiary/aromatic N) is 4. The minimum atomic E-state index is -0.259. The van der Waals surface area contributed by atoms with Crippen molar-refractivity contribution in [2.45, 2.75) is 6.61 Å². The summed E-state index contributed by atoms with van der Waals surface area (Å²) in [5.74, 6) is 0.464. The first-order valence-electron chi connectivity index (χ1n) is 3.11. The van der Waals surface area contributed by atoms with Crippen molar-refractivity contribution in [1.29, 1.82) is 0 Å². The van der Waals surface area contributed by atoms with Crippen LogP contribution in [0.2, 0.25) is 0 Å². The predicted octanol–water partition coefficient (Wildman–Crippen LogP) is 0.0804. The van der Waals surface area contributed by atoms with Crippen molar-refractivity contribution in [3.05, 3.63) is 12.1 Å². The highest BCUT2D eigenvalue weighted by atomic mass is 32.1. The van der Waals surface area contributed by atoms with Gasteiger partial charge in [-0.15, -0.1) is 10.2 Å². The first-order chi connectivity index (χ1) is 5.90. The molecule has 0 aliphatic rings. The van der Waals surface area contributed by atoms with E-state index in [2.05, 4.69) is 18.9 Å². The number of aliphatic hydroxyl groups excluding tert-OH is 1. The van der Waals surface area contributed by atoms with Crippen LogP contribution in [0, 0.1) is 0 Å². The van der Waals surface area contributed by atoms with Gasteiger partial charge in [0.15, 0.2) is 5.69 Å². The minimum absolute atomic E-state index is 0.179. The van der Waals surface area contributed by atoms with Crippen molar-refractivity contribution in [2.24, 2.45) is 0 Å². The predicted molar refractivity (Wildman–Crippen MR) is 39.1 cm³/mol. The lowest BCUT2D eigenvalue weighted by Gasteiger charge is -1.82. The van der Waals surface area contributed by atoms with Crippen molar-refractivity contribution < 1.29 is 9.52 Å². The molecule has 6 nitrogen and oxygen atoms in total. The van der Waals surface area contributed by atoms with E-state index in [1.165, 1.54) is 6.20 Å². The zero-order chi connectivity index (χ0) is 8.39. The molecule has 0 fully saturated rings. The average Bonchev–Trinajstić information content (AvgIpc) is 2.75. The number of aliphatic hydroxyl groups is 1.